The van der Waals surface area contributed by atoms with Gasteiger partial charge >= 0.3 is 0 Å². The van der Waals surface area contributed by atoms with E-state index in [4.69, 9.17) is 40.5 Å². The molecule has 0 bridgehead atoms. The normalized spacial score (nSPS) is 9.00. The molecule has 0 atom stereocenters. The molecule has 1 nitrogen and oxygen atoms in total. The highest BCUT2D eigenvalue weighted by atomic mass is 35.5. The molecule has 0 aliphatic heterocycles. The fraction of sp³-hybridized carbons (Fsp3) is 0. The van der Waals surface area contributed by atoms with E-state index in [2.05, 4.69) is 0 Å². The Bertz CT molecular complexity index is 238. The van der Waals surface area contributed by atoms with Crippen molar-refractivity contribution in [2.24, 2.45) is 0 Å². The second kappa shape index (κ2) is 4.27. The summed E-state index contributed by atoms with van der Waals surface area (Å²) in [6, 6.07) is 3.09. The van der Waals surface area contributed by atoms with Gasteiger partial charge in [-0.15, -0.1) is 12.4 Å². The Labute approximate surface area is 85.8 Å². The predicted molar refractivity (Wildman–Crippen MR) is 53.1 cm³/mol. The molecular weight excluding hydrogens is 228 g/mol. The van der Waals surface area contributed by atoms with E-state index in [0.29, 0.717) is 20.8 Å². The van der Waals surface area contributed by atoms with Crippen molar-refractivity contribution < 1.29 is 0 Å². The van der Waals surface area contributed by atoms with Crippen molar-refractivity contribution in [1.82, 2.24) is 0 Å². The molecule has 0 aliphatic rings. The van der Waals surface area contributed by atoms with Crippen LogP contribution in [0.3, 0.4) is 0 Å². The number of hydrogen-bond donors (Lipinski definition) is 1. The Balaban J connectivity index is 0.000001000. The third-order valence-corrected chi connectivity index (χ3v) is 2.06. The molecule has 1 aromatic carbocycles. The second-order valence-corrected chi connectivity index (χ2v) is 3.01. The molecule has 11 heavy (non-hydrogen) atoms. The van der Waals surface area contributed by atoms with E-state index in [1.165, 1.54) is 0 Å². The lowest BCUT2D eigenvalue weighted by atomic mass is 10.3. The van der Waals surface area contributed by atoms with Crippen LogP contribution < -0.4 is 5.73 Å². The van der Waals surface area contributed by atoms with Crippen LogP contribution in [0.15, 0.2) is 12.1 Å². The van der Waals surface area contributed by atoms with E-state index in [-0.39, 0.29) is 12.4 Å². The standard InChI is InChI=1S/C6H4Cl3N.ClH/c7-3-1-4(8)6(9)5(10)2-3;/h1-2H,10H2;1H. The van der Waals surface area contributed by atoms with E-state index < -0.39 is 0 Å². The minimum Gasteiger partial charge on any atom is -0.397 e. The molecule has 0 aliphatic carbocycles. The maximum atomic E-state index is 5.63. The Hall–Kier alpha value is 0.180. The van der Waals surface area contributed by atoms with Gasteiger partial charge < -0.3 is 5.73 Å². The summed E-state index contributed by atoms with van der Waals surface area (Å²) in [6.45, 7) is 0. The van der Waals surface area contributed by atoms with Crippen LogP contribution in [0, 0.1) is 0 Å². The molecule has 0 heterocycles. The number of anilines is 1. The van der Waals surface area contributed by atoms with Crippen molar-refractivity contribution in [1.29, 1.82) is 0 Å². The Morgan fingerprint density at radius 3 is 2.09 bits per heavy atom. The van der Waals surface area contributed by atoms with Gasteiger partial charge in [0.25, 0.3) is 0 Å². The highest BCUT2D eigenvalue weighted by Gasteiger charge is 2.02. The van der Waals surface area contributed by atoms with Gasteiger partial charge in [-0.25, -0.2) is 0 Å². The molecule has 0 fully saturated rings. The minimum absolute atomic E-state index is 0. The van der Waals surface area contributed by atoms with Gasteiger partial charge in [-0.3, -0.25) is 0 Å². The monoisotopic (exact) mass is 231 g/mol. The first-order valence-electron chi connectivity index (χ1n) is 2.51. The molecule has 0 unspecified atom stereocenters. The summed E-state index contributed by atoms with van der Waals surface area (Å²) in [5, 5.41) is 1.23. The van der Waals surface area contributed by atoms with Crippen LogP contribution in [0.25, 0.3) is 0 Å². The molecule has 1 rings (SSSR count). The third kappa shape index (κ3) is 2.60. The Morgan fingerprint density at radius 1 is 1.09 bits per heavy atom. The van der Waals surface area contributed by atoms with E-state index in [1.807, 2.05) is 0 Å². The first kappa shape index (κ1) is 11.2. The van der Waals surface area contributed by atoms with Crippen LogP contribution in [0.4, 0.5) is 5.69 Å². The highest BCUT2D eigenvalue weighted by molar-refractivity contribution is 6.44. The smallest absolute Gasteiger partial charge is 0.0822 e. The average molecular weight is 233 g/mol. The lowest BCUT2D eigenvalue weighted by molar-refractivity contribution is 1.68. The number of benzene rings is 1. The van der Waals surface area contributed by atoms with Gasteiger partial charge in [-0.1, -0.05) is 34.8 Å². The Morgan fingerprint density at radius 2 is 1.64 bits per heavy atom. The summed E-state index contributed by atoms with van der Waals surface area (Å²) < 4.78 is 0. The zero-order chi connectivity index (χ0) is 7.72. The molecular formula is C6H5Cl4N. The SMILES string of the molecule is Cl.Nc1cc(Cl)cc(Cl)c1Cl. The Kier molecular flexibility index (Phi) is 4.34. The number of hydrogen-bond acceptors (Lipinski definition) is 1. The topological polar surface area (TPSA) is 26.0 Å². The minimum atomic E-state index is 0. The number of nitrogen functional groups attached to an aromatic ring is 1. The van der Waals surface area contributed by atoms with Gasteiger partial charge in [0.1, 0.15) is 0 Å². The van der Waals surface area contributed by atoms with Crippen molar-refractivity contribution in [2.75, 3.05) is 5.73 Å². The molecule has 5 heteroatoms. The van der Waals surface area contributed by atoms with Crippen molar-refractivity contribution >= 4 is 52.9 Å². The summed E-state index contributed by atoms with van der Waals surface area (Å²) >= 11 is 16.9. The van der Waals surface area contributed by atoms with Crippen LogP contribution >= 0.6 is 47.2 Å². The number of nitrogens with two attached hydrogens (primary N) is 1. The van der Waals surface area contributed by atoms with Crippen LogP contribution in [-0.4, -0.2) is 0 Å². The van der Waals surface area contributed by atoms with E-state index in [0.717, 1.165) is 0 Å². The fourth-order valence-corrected chi connectivity index (χ4v) is 1.19. The maximum Gasteiger partial charge on any atom is 0.0822 e. The lowest BCUT2D eigenvalue weighted by Crippen LogP contribution is -1.85. The fourth-order valence-electron chi connectivity index (χ4n) is 0.576. The molecule has 0 amide bonds. The molecule has 2 N–H and O–H groups in total. The predicted octanol–water partition coefficient (Wildman–Crippen LogP) is 3.65. The zero-order valence-corrected chi connectivity index (χ0v) is 8.36. The van der Waals surface area contributed by atoms with Gasteiger partial charge in [-0.2, -0.15) is 0 Å². The molecule has 1 aromatic rings. The largest absolute Gasteiger partial charge is 0.397 e. The van der Waals surface area contributed by atoms with Crippen molar-refractivity contribution in [2.45, 2.75) is 0 Å². The molecule has 0 spiro atoms. The highest BCUT2D eigenvalue weighted by Crippen LogP contribution is 2.30. The maximum absolute atomic E-state index is 5.63. The van der Waals surface area contributed by atoms with Gasteiger partial charge in [0.15, 0.2) is 0 Å². The quantitative estimate of drug-likeness (QED) is 0.537. The zero-order valence-electron chi connectivity index (χ0n) is 5.27. The summed E-state index contributed by atoms with van der Waals surface area (Å²) in [5.74, 6) is 0. The lowest BCUT2D eigenvalue weighted by Gasteiger charge is -1.99. The van der Waals surface area contributed by atoms with E-state index in [9.17, 15) is 0 Å². The third-order valence-electron chi connectivity index (χ3n) is 1.02. The van der Waals surface area contributed by atoms with Crippen molar-refractivity contribution in [3.8, 4) is 0 Å². The van der Waals surface area contributed by atoms with E-state index in [1.54, 1.807) is 12.1 Å². The number of halogens is 4. The first-order chi connectivity index (χ1) is 4.61. The van der Waals surface area contributed by atoms with Crippen molar-refractivity contribution in [3.05, 3.63) is 27.2 Å². The van der Waals surface area contributed by atoms with Crippen LogP contribution in [0.1, 0.15) is 0 Å². The summed E-state index contributed by atoms with van der Waals surface area (Å²) in [6.07, 6.45) is 0. The number of rotatable bonds is 0. The van der Waals surface area contributed by atoms with Crippen LogP contribution in [-0.2, 0) is 0 Å². The average Bonchev–Trinajstić information content (AvgIpc) is 1.82. The van der Waals surface area contributed by atoms with Gasteiger partial charge in [0.05, 0.1) is 15.7 Å². The molecule has 62 valence electrons. The van der Waals surface area contributed by atoms with Crippen LogP contribution in [0.2, 0.25) is 15.1 Å². The van der Waals surface area contributed by atoms with Gasteiger partial charge in [-0.05, 0) is 12.1 Å². The summed E-state index contributed by atoms with van der Waals surface area (Å²) in [4.78, 5) is 0. The summed E-state index contributed by atoms with van der Waals surface area (Å²) in [5.41, 5.74) is 5.82. The van der Waals surface area contributed by atoms with Crippen LogP contribution in [0.5, 0.6) is 0 Å². The first-order valence-corrected chi connectivity index (χ1v) is 3.64. The molecule has 0 saturated carbocycles. The van der Waals surface area contributed by atoms with E-state index >= 15 is 0 Å². The molecule has 0 saturated heterocycles. The van der Waals surface area contributed by atoms with Gasteiger partial charge in [0, 0.05) is 5.02 Å². The van der Waals surface area contributed by atoms with Gasteiger partial charge in [0.2, 0.25) is 0 Å². The second-order valence-electron chi connectivity index (χ2n) is 1.79. The summed E-state index contributed by atoms with van der Waals surface area (Å²) in [7, 11) is 0. The molecule has 0 radical (unpaired) electrons. The molecule has 0 aromatic heterocycles. The van der Waals surface area contributed by atoms with Crippen molar-refractivity contribution in [3.63, 3.8) is 0 Å².